The number of carbonyl (C=O) groups excluding carboxylic acids is 2. The van der Waals surface area contributed by atoms with Crippen LogP contribution in [0.3, 0.4) is 0 Å². The molecule has 2 rings (SSSR count). The zero-order valence-electron chi connectivity index (χ0n) is 13.1. The Morgan fingerprint density at radius 1 is 1.38 bits per heavy atom. The van der Waals surface area contributed by atoms with Crippen LogP contribution in [0.15, 0.2) is 51.8 Å². The number of amides is 3. The van der Waals surface area contributed by atoms with Crippen molar-refractivity contribution in [2.45, 2.75) is 25.9 Å². The van der Waals surface area contributed by atoms with Gasteiger partial charge in [0, 0.05) is 19.0 Å². The van der Waals surface area contributed by atoms with Gasteiger partial charge in [0.1, 0.15) is 5.70 Å². The summed E-state index contributed by atoms with van der Waals surface area (Å²) in [7, 11) is 1.59. The first kappa shape index (κ1) is 17.7. The summed E-state index contributed by atoms with van der Waals surface area (Å²) in [6.07, 6.45) is 2.29. The molecule has 3 amide bonds. The van der Waals surface area contributed by atoms with Gasteiger partial charge in [0.25, 0.3) is 5.91 Å². The van der Waals surface area contributed by atoms with Crippen molar-refractivity contribution in [3.05, 3.63) is 46.8 Å². The molecule has 0 saturated carbocycles. The number of nitrogens with one attached hydrogen (secondary N) is 1. The molecule has 2 aliphatic rings. The van der Waals surface area contributed by atoms with E-state index in [4.69, 9.17) is 0 Å². The van der Waals surface area contributed by atoms with Crippen LogP contribution in [0.1, 0.15) is 19.8 Å². The Bertz CT molecular complexity index is 713. The molecule has 5 nitrogen and oxygen atoms in total. The highest BCUT2D eigenvalue weighted by atomic mass is 19.4. The minimum Gasteiger partial charge on any atom is -0.302 e. The fourth-order valence-corrected chi connectivity index (χ4v) is 2.32. The van der Waals surface area contributed by atoms with Crippen molar-refractivity contribution in [3.63, 3.8) is 0 Å². The number of rotatable bonds is 3. The molecule has 0 radical (unpaired) electrons. The van der Waals surface area contributed by atoms with Crippen LogP contribution >= 0.6 is 0 Å². The van der Waals surface area contributed by atoms with Crippen molar-refractivity contribution >= 4 is 18.2 Å². The molecule has 1 heterocycles. The largest absolute Gasteiger partial charge is 0.416 e. The molecule has 1 aliphatic heterocycles. The SMILES string of the molecule is CN=C/C=C(C)/C=C1\NC(=O)N(C2=CC(C(F)(F)F)=CCC2)C1=O. The molecule has 24 heavy (non-hydrogen) atoms. The normalized spacial score (nSPS) is 21.5. The van der Waals surface area contributed by atoms with Crippen LogP contribution in [0.25, 0.3) is 0 Å². The zero-order valence-corrected chi connectivity index (χ0v) is 13.1. The van der Waals surface area contributed by atoms with Crippen LogP contribution in [0.4, 0.5) is 18.0 Å². The molecule has 1 saturated heterocycles. The summed E-state index contributed by atoms with van der Waals surface area (Å²) in [6.45, 7) is 1.71. The van der Waals surface area contributed by atoms with E-state index in [1.165, 1.54) is 12.3 Å². The molecule has 8 heteroatoms. The molecule has 0 unspecified atom stereocenters. The maximum atomic E-state index is 12.8. The van der Waals surface area contributed by atoms with Gasteiger partial charge in [0.05, 0.1) is 5.57 Å². The van der Waals surface area contributed by atoms with Crippen LogP contribution in [0.2, 0.25) is 0 Å². The summed E-state index contributed by atoms with van der Waals surface area (Å²) in [4.78, 5) is 28.9. The first-order chi connectivity index (χ1) is 11.2. The molecule has 1 fully saturated rings. The summed E-state index contributed by atoms with van der Waals surface area (Å²) in [5.74, 6) is -0.670. The Morgan fingerprint density at radius 2 is 2.08 bits per heavy atom. The first-order valence-corrected chi connectivity index (χ1v) is 7.18. The third-order valence-electron chi connectivity index (χ3n) is 3.44. The predicted octanol–water partition coefficient (Wildman–Crippen LogP) is 3.24. The highest BCUT2D eigenvalue weighted by Gasteiger charge is 2.39. The number of allylic oxidation sites excluding steroid dienone is 7. The average molecular weight is 339 g/mol. The quantitative estimate of drug-likeness (QED) is 0.487. The van der Waals surface area contributed by atoms with E-state index < -0.39 is 23.7 Å². The zero-order chi connectivity index (χ0) is 17.9. The molecule has 0 spiro atoms. The Labute approximate surface area is 136 Å². The van der Waals surface area contributed by atoms with Crippen LogP contribution < -0.4 is 5.32 Å². The Balaban J connectivity index is 2.29. The number of halogens is 3. The molecule has 0 aromatic rings. The second-order valence-electron chi connectivity index (χ2n) is 5.28. The van der Waals surface area contributed by atoms with E-state index in [1.807, 2.05) is 0 Å². The van der Waals surface area contributed by atoms with E-state index in [0.29, 0.717) is 5.57 Å². The summed E-state index contributed by atoms with van der Waals surface area (Å²) in [6, 6.07) is -0.752. The van der Waals surface area contributed by atoms with E-state index in [0.717, 1.165) is 17.1 Å². The number of aliphatic imine (C=N–C) groups is 1. The molecule has 0 aromatic heterocycles. The number of hydrogen-bond donors (Lipinski definition) is 1. The molecule has 0 aromatic carbocycles. The van der Waals surface area contributed by atoms with Gasteiger partial charge in [-0.05, 0) is 43.6 Å². The van der Waals surface area contributed by atoms with Crippen LogP contribution in [-0.2, 0) is 4.79 Å². The molecule has 0 bridgehead atoms. The lowest BCUT2D eigenvalue weighted by Gasteiger charge is -2.21. The molecule has 0 atom stereocenters. The molecular formula is C16H16F3N3O2. The van der Waals surface area contributed by atoms with Gasteiger partial charge in [-0.1, -0.05) is 6.08 Å². The van der Waals surface area contributed by atoms with Crippen molar-refractivity contribution in [1.29, 1.82) is 0 Å². The number of alkyl halides is 3. The van der Waals surface area contributed by atoms with Crippen LogP contribution in [-0.4, -0.2) is 36.3 Å². The van der Waals surface area contributed by atoms with Gasteiger partial charge >= 0.3 is 12.2 Å². The highest BCUT2D eigenvalue weighted by Crippen LogP contribution is 2.33. The molecular weight excluding hydrogens is 323 g/mol. The summed E-state index contributed by atoms with van der Waals surface area (Å²) in [5.41, 5.74) is -0.133. The topological polar surface area (TPSA) is 61.8 Å². The Kier molecular flexibility index (Phi) is 5.06. The van der Waals surface area contributed by atoms with Crippen molar-refractivity contribution < 1.29 is 22.8 Å². The lowest BCUT2D eigenvalue weighted by atomic mass is 10.0. The van der Waals surface area contributed by atoms with E-state index in [-0.39, 0.29) is 24.2 Å². The average Bonchev–Trinajstić information content (AvgIpc) is 2.78. The second kappa shape index (κ2) is 6.86. The van der Waals surface area contributed by atoms with Crippen LogP contribution in [0.5, 0.6) is 0 Å². The van der Waals surface area contributed by atoms with Gasteiger partial charge in [-0.15, -0.1) is 0 Å². The van der Waals surface area contributed by atoms with Crippen LogP contribution in [0, 0.1) is 0 Å². The lowest BCUT2D eigenvalue weighted by molar-refractivity contribution is -0.121. The summed E-state index contributed by atoms with van der Waals surface area (Å²) >= 11 is 0. The highest BCUT2D eigenvalue weighted by molar-refractivity contribution is 6.13. The number of hydrogen-bond acceptors (Lipinski definition) is 3. The van der Waals surface area contributed by atoms with E-state index in [2.05, 4.69) is 10.3 Å². The van der Waals surface area contributed by atoms with Gasteiger partial charge in [0.2, 0.25) is 0 Å². The summed E-state index contributed by atoms with van der Waals surface area (Å²) in [5, 5.41) is 2.38. The van der Waals surface area contributed by atoms with Crippen molar-refractivity contribution in [2.24, 2.45) is 4.99 Å². The minimum absolute atomic E-state index is 0.0160. The Morgan fingerprint density at radius 3 is 2.71 bits per heavy atom. The number of imide groups is 1. The molecule has 128 valence electrons. The predicted molar refractivity (Wildman–Crippen MR) is 83.1 cm³/mol. The van der Waals surface area contributed by atoms with Gasteiger partial charge in [0.15, 0.2) is 0 Å². The standard InChI is InChI=1S/C16H16F3N3O2/c1-10(6-7-20-2)8-13-14(23)22(15(24)21-13)12-5-3-4-11(9-12)16(17,18)19/h4,6-9H,3,5H2,1-2H3,(H,21,24)/b10-6+,13-8-,20-7?. The minimum atomic E-state index is -4.51. The van der Waals surface area contributed by atoms with Gasteiger partial charge < -0.3 is 5.32 Å². The van der Waals surface area contributed by atoms with E-state index in [9.17, 15) is 22.8 Å². The van der Waals surface area contributed by atoms with Gasteiger partial charge in [-0.25, -0.2) is 9.69 Å². The van der Waals surface area contributed by atoms with Crippen molar-refractivity contribution in [3.8, 4) is 0 Å². The number of urea groups is 1. The lowest BCUT2D eigenvalue weighted by Crippen LogP contribution is -2.31. The smallest absolute Gasteiger partial charge is 0.302 e. The van der Waals surface area contributed by atoms with E-state index >= 15 is 0 Å². The third kappa shape index (κ3) is 3.81. The first-order valence-electron chi connectivity index (χ1n) is 7.18. The number of carbonyl (C=O) groups is 2. The maximum Gasteiger partial charge on any atom is 0.416 e. The molecule has 1 aliphatic carbocycles. The summed E-state index contributed by atoms with van der Waals surface area (Å²) < 4.78 is 38.4. The maximum absolute atomic E-state index is 12.8. The fraction of sp³-hybridized carbons (Fsp3) is 0.312. The van der Waals surface area contributed by atoms with Gasteiger partial charge in [-0.3, -0.25) is 9.79 Å². The Hall–Kier alpha value is -2.64. The van der Waals surface area contributed by atoms with Crippen molar-refractivity contribution in [1.82, 2.24) is 10.2 Å². The van der Waals surface area contributed by atoms with E-state index in [1.54, 1.807) is 20.0 Å². The second-order valence-corrected chi connectivity index (χ2v) is 5.28. The third-order valence-corrected chi connectivity index (χ3v) is 3.44. The van der Waals surface area contributed by atoms with Crippen molar-refractivity contribution in [2.75, 3.05) is 7.05 Å². The monoisotopic (exact) mass is 339 g/mol. The molecule has 1 N–H and O–H groups in total. The fourth-order valence-electron chi connectivity index (χ4n) is 2.32. The number of nitrogens with zero attached hydrogens (tertiary/aromatic N) is 2. The van der Waals surface area contributed by atoms with Gasteiger partial charge in [-0.2, -0.15) is 13.2 Å².